The summed E-state index contributed by atoms with van der Waals surface area (Å²) in [6.07, 6.45) is 4.13. The number of likely N-dealkylation sites (tertiary alicyclic amines) is 1. The van der Waals surface area contributed by atoms with Crippen LogP contribution in [0.25, 0.3) is 0 Å². The van der Waals surface area contributed by atoms with Crippen LogP contribution in [0.2, 0.25) is 0 Å². The third-order valence-electron chi connectivity index (χ3n) is 8.24. The van der Waals surface area contributed by atoms with Gasteiger partial charge in [-0.05, 0) is 67.6 Å². The maximum atomic E-state index is 13.4. The number of carbonyl (C=O) groups is 2. The summed E-state index contributed by atoms with van der Waals surface area (Å²) in [7, 11) is -3.55. The Hall–Kier alpha value is -3.79. The second-order valence-corrected chi connectivity index (χ2v) is 12.9. The number of hydrogen-bond donors (Lipinski definition) is 1. The number of benzene rings is 2. The molecule has 3 heterocycles. The maximum absolute atomic E-state index is 13.4. The first kappa shape index (κ1) is 25.5. The van der Waals surface area contributed by atoms with Gasteiger partial charge in [0, 0.05) is 38.1 Å². The maximum Gasteiger partial charge on any atom is 0.233 e. The Labute approximate surface area is 228 Å². The van der Waals surface area contributed by atoms with Gasteiger partial charge in [-0.3, -0.25) is 9.59 Å². The van der Waals surface area contributed by atoms with E-state index in [2.05, 4.69) is 15.5 Å². The van der Waals surface area contributed by atoms with Gasteiger partial charge in [0.2, 0.25) is 11.8 Å². The summed E-state index contributed by atoms with van der Waals surface area (Å²) in [6, 6.07) is 19.9. The standard InChI is InChI=1S/C29H31N5O4S/c35-27(21-19-34(20-21)26-7-4-16-30-32-26)31-23-8-10-24(11-9-23)39(37,38)25-12-17-33(18-13-25)28(36)29(14-15-29)22-5-2-1-3-6-22/h1-11,16,21,25H,12-15,17-20H2,(H,31,35). The number of nitrogens with one attached hydrogen (secondary N) is 1. The average Bonchev–Trinajstić information content (AvgIpc) is 3.76. The highest BCUT2D eigenvalue weighted by molar-refractivity contribution is 7.92. The Morgan fingerprint density at radius 3 is 2.21 bits per heavy atom. The molecule has 1 aromatic heterocycles. The van der Waals surface area contributed by atoms with E-state index in [1.807, 2.05) is 52.3 Å². The summed E-state index contributed by atoms with van der Waals surface area (Å²) >= 11 is 0. The van der Waals surface area contributed by atoms with Crippen LogP contribution < -0.4 is 10.2 Å². The highest BCUT2D eigenvalue weighted by atomic mass is 32.2. The predicted molar refractivity (Wildman–Crippen MR) is 147 cm³/mol. The molecule has 3 fully saturated rings. The number of carbonyl (C=O) groups excluding carboxylic acids is 2. The zero-order valence-corrected chi connectivity index (χ0v) is 22.4. The average molecular weight is 546 g/mol. The van der Waals surface area contributed by atoms with Gasteiger partial charge in [-0.1, -0.05) is 30.3 Å². The molecule has 1 aliphatic carbocycles. The van der Waals surface area contributed by atoms with E-state index in [1.54, 1.807) is 30.5 Å². The molecule has 3 aromatic rings. The minimum Gasteiger partial charge on any atom is -0.353 e. The molecule has 1 N–H and O–H groups in total. The predicted octanol–water partition coefficient (Wildman–Crippen LogP) is 3.05. The van der Waals surface area contributed by atoms with Crippen LogP contribution in [-0.2, 0) is 24.8 Å². The molecular formula is C29H31N5O4S. The molecule has 39 heavy (non-hydrogen) atoms. The lowest BCUT2D eigenvalue weighted by Crippen LogP contribution is -2.52. The topological polar surface area (TPSA) is 113 Å². The molecule has 2 aliphatic heterocycles. The van der Waals surface area contributed by atoms with E-state index in [4.69, 9.17) is 0 Å². The zero-order chi connectivity index (χ0) is 27.0. The Balaban J connectivity index is 1.02. The normalized spacial score (nSPS) is 19.3. The van der Waals surface area contributed by atoms with Crippen LogP contribution >= 0.6 is 0 Å². The van der Waals surface area contributed by atoms with Gasteiger partial charge in [-0.15, -0.1) is 5.10 Å². The molecule has 2 saturated heterocycles. The van der Waals surface area contributed by atoms with Gasteiger partial charge in [0.1, 0.15) is 0 Å². The van der Waals surface area contributed by atoms with Crippen molar-refractivity contribution in [2.75, 3.05) is 36.4 Å². The summed E-state index contributed by atoms with van der Waals surface area (Å²) < 4.78 is 26.7. The van der Waals surface area contributed by atoms with Crippen molar-refractivity contribution in [3.63, 3.8) is 0 Å². The Morgan fingerprint density at radius 1 is 0.897 bits per heavy atom. The van der Waals surface area contributed by atoms with Crippen LogP contribution in [0, 0.1) is 5.92 Å². The molecule has 0 radical (unpaired) electrons. The van der Waals surface area contributed by atoms with Gasteiger partial charge in [0.05, 0.1) is 21.5 Å². The third kappa shape index (κ3) is 4.89. The number of anilines is 2. The highest BCUT2D eigenvalue weighted by Crippen LogP contribution is 2.50. The molecule has 2 aromatic carbocycles. The van der Waals surface area contributed by atoms with Crippen molar-refractivity contribution in [1.82, 2.24) is 15.1 Å². The molecule has 0 bridgehead atoms. The van der Waals surface area contributed by atoms with E-state index < -0.39 is 20.5 Å². The van der Waals surface area contributed by atoms with Crippen LogP contribution in [0.4, 0.5) is 11.5 Å². The molecule has 0 atom stereocenters. The molecule has 202 valence electrons. The van der Waals surface area contributed by atoms with Crippen molar-refractivity contribution >= 4 is 33.2 Å². The zero-order valence-electron chi connectivity index (χ0n) is 21.6. The minimum absolute atomic E-state index is 0.105. The fourth-order valence-electron chi connectivity index (χ4n) is 5.64. The van der Waals surface area contributed by atoms with Gasteiger partial charge < -0.3 is 15.1 Å². The number of piperidine rings is 1. The summed E-state index contributed by atoms with van der Waals surface area (Å²) in [5.41, 5.74) is 1.19. The van der Waals surface area contributed by atoms with E-state index in [0.29, 0.717) is 44.7 Å². The molecule has 0 spiro atoms. The summed E-state index contributed by atoms with van der Waals surface area (Å²) in [5.74, 6) is 0.595. The lowest BCUT2D eigenvalue weighted by molar-refractivity contribution is -0.134. The SMILES string of the molecule is O=C(Nc1ccc(S(=O)(=O)C2CCN(C(=O)C3(c4ccccc4)CC3)CC2)cc1)C1CN(c2cccnn2)C1. The van der Waals surface area contributed by atoms with Crippen molar-refractivity contribution in [3.05, 3.63) is 78.5 Å². The van der Waals surface area contributed by atoms with Crippen LogP contribution in [0.1, 0.15) is 31.2 Å². The first-order chi connectivity index (χ1) is 18.9. The highest BCUT2D eigenvalue weighted by Gasteiger charge is 2.53. The second kappa shape index (κ2) is 10.1. The fraction of sp³-hybridized carbons (Fsp3) is 0.379. The third-order valence-corrected chi connectivity index (χ3v) is 10.5. The van der Waals surface area contributed by atoms with Gasteiger partial charge in [-0.2, -0.15) is 5.10 Å². The summed E-state index contributed by atoms with van der Waals surface area (Å²) in [5, 5.41) is 10.3. The smallest absolute Gasteiger partial charge is 0.233 e. The number of aromatic nitrogens is 2. The van der Waals surface area contributed by atoms with Gasteiger partial charge in [0.15, 0.2) is 15.7 Å². The van der Waals surface area contributed by atoms with Gasteiger partial charge in [0.25, 0.3) is 0 Å². The first-order valence-electron chi connectivity index (χ1n) is 13.4. The van der Waals surface area contributed by atoms with Crippen molar-refractivity contribution in [2.45, 2.75) is 41.2 Å². The number of amides is 2. The fourth-order valence-corrected chi connectivity index (χ4v) is 7.37. The van der Waals surface area contributed by atoms with Crippen molar-refractivity contribution in [2.24, 2.45) is 5.92 Å². The van der Waals surface area contributed by atoms with E-state index in [9.17, 15) is 18.0 Å². The number of nitrogens with zero attached hydrogens (tertiary/aromatic N) is 4. The number of hydrogen-bond acceptors (Lipinski definition) is 7. The van der Waals surface area contributed by atoms with E-state index in [0.717, 1.165) is 24.2 Å². The molecule has 0 unspecified atom stereocenters. The van der Waals surface area contributed by atoms with Crippen LogP contribution in [0.15, 0.2) is 77.8 Å². The van der Waals surface area contributed by atoms with Crippen molar-refractivity contribution in [1.29, 1.82) is 0 Å². The Kier molecular flexibility index (Phi) is 6.58. The summed E-state index contributed by atoms with van der Waals surface area (Å²) in [6.45, 7) is 2.01. The minimum atomic E-state index is -3.55. The summed E-state index contributed by atoms with van der Waals surface area (Å²) in [4.78, 5) is 30.0. The largest absolute Gasteiger partial charge is 0.353 e. The van der Waals surface area contributed by atoms with E-state index >= 15 is 0 Å². The monoisotopic (exact) mass is 545 g/mol. The van der Waals surface area contributed by atoms with Crippen LogP contribution in [0.5, 0.6) is 0 Å². The van der Waals surface area contributed by atoms with Crippen LogP contribution in [-0.4, -0.2) is 66.8 Å². The second-order valence-electron chi connectivity index (χ2n) is 10.7. The molecule has 6 rings (SSSR count). The molecule has 1 saturated carbocycles. The molecule has 2 amide bonds. The lowest BCUT2D eigenvalue weighted by atomic mass is 9.93. The van der Waals surface area contributed by atoms with E-state index in [1.165, 1.54) is 0 Å². The number of rotatable bonds is 7. The molecule has 3 aliphatic rings. The van der Waals surface area contributed by atoms with Gasteiger partial charge >= 0.3 is 0 Å². The van der Waals surface area contributed by atoms with Crippen molar-refractivity contribution in [3.8, 4) is 0 Å². The molecule has 10 heteroatoms. The van der Waals surface area contributed by atoms with Crippen LogP contribution in [0.3, 0.4) is 0 Å². The molecular weight excluding hydrogens is 514 g/mol. The quantitative estimate of drug-likeness (QED) is 0.486. The Bertz CT molecular complexity index is 1450. The van der Waals surface area contributed by atoms with Gasteiger partial charge in [-0.25, -0.2) is 8.42 Å². The first-order valence-corrected chi connectivity index (χ1v) is 14.9. The van der Waals surface area contributed by atoms with Crippen molar-refractivity contribution < 1.29 is 18.0 Å². The van der Waals surface area contributed by atoms with E-state index in [-0.39, 0.29) is 22.6 Å². The molecule has 9 nitrogen and oxygen atoms in total. The Morgan fingerprint density at radius 2 is 1.59 bits per heavy atom. The lowest BCUT2D eigenvalue weighted by Gasteiger charge is -2.38. The number of sulfone groups is 1.